The van der Waals surface area contributed by atoms with Crippen LogP contribution in [-0.2, 0) is 4.74 Å². The van der Waals surface area contributed by atoms with Gasteiger partial charge in [0.2, 0.25) is 0 Å². The van der Waals surface area contributed by atoms with Crippen molar-refractivity contribution in [1.82, 2.24) is 5.32 Å². The zero-order chi connectivity index (χ0) is 14.4. The Morgan fingerprint density at radius 3 is 2.85 bits per heavy atom. The molecule has 2 nitrogen and oxygen atoms in total. The molecule has 3 heteroatoms. The van der Waals surface area contributed by atoms with Crippen molar-refractivity contribution >= 4 is 11.6 Å². The van der Waals surface area contributed by atoms with Crippen LogP contribution in [0.5, 0.6) is 0 Å². The summed E-state index contributed by atoms with van der Waals surface area (Å²) < 4.78 is 6.43. The molecule has 1 aromatic carbocycles. The lowest BCUT2D eigenvalue weighted by atomic mass is 9.87. The van der Waals surface area contributed by atoms with E-state index in [1.54, 1.807) is 0 Å². The van der Waals surface area contributed by atoms with E-state index >= 15 is 0 Å². The highest BCUT2D eigenvalue weighted by molar-refractivity contribution is 6.30. The molecule has 1 aliphatic carbocycles. The number of hydrogen-bond donors (Lipinski definition) is 1. The van der Waals surface area contributed by atoms with Gasteiger partial charge in [-0.1, -0.05) is 50.4 Å². The number of halogens is 1. The van der Waals surface area contributed by atoms with E-state index in [2.05, 4.69) is 25.2 Å². The van der Waals surface area contributed by atoms with Crippen LogP contribution >= 0.6 is 11.6 Å². The van der Waals surface area contributed by atoms with Crippen LogP contribution in [0.25, 0.3) is 0 Å². The molecule has 0 heterocycles. The summed E-state index contributed by atoms with van der Waals surface area (Å²) in [5.74, 6) is 0.659. The minimum atomic E-state index is 0.0965. The Balaban J connectivity index is 2.06. The maximum Gasteiger partial charge on any atom is 0.0953 e. The van der Waals surface area contributed by atoms with E-state index < -0.39 is 0 Å². The average molecular weight is 296 g/mol. The summed E-state index contributed by atoms with van der Waals surface area (Å²) in [5, 5.41) is 4.18. The third-order valence-corrected chi connectivity index (χ3v) is 4.41. The molecule has 0 bridgehead atoms. The Morgan fingerprint density at radius 1 is 1.35 bits per heavy atom. The highest BCUT2D eigenvalue weighted by Gasteiger charge is 2.25. The first-order valence-corrected chi connectivity index (χ1v) is 8.20. The number of nitrogens with one attached hydrogen (secondary N) is 1. The molecule has 0 spiro atoms. The van der Waals surface area contributed by atoms with Crippen LogP contribution in [0.2, 0.25) is 5.02 Å². The van der Waals surface area contributed by atoms with Gasteiger partial charge in [0.1, 0.15) is 0 Å². The number of ether oxygens (including phenoxy) is 1. The molecule has 1 aromatic rings. The van der Waals surface area contributed by atoms with Crippen LogP contribution in [-0.4, -0.2) is 19.2 Å². The van der Waals surface area contributed by atoms with Crippen molar-refractivity contribution in [2.24, 2.45) is 5.92 Å². The molecule has 0 radical (unpaired) electrons. The van der Waals surface area contributed by atoms with Crippen molar-refractivity contribution < 1.29 is 4.74 Å². The zero-order valence-corrected chi connectivity index (χ0v) is 13.3. The van der Waals surface area contributed by atoms with Gasteiger partial charge in [-0.25, -0.2) is 0 Å². The molecule has 0 saturated heterocycles. The molecule has 0 amide bonds. The zero-order valence-electron chi connectivity index (χ0n) is 12.6. The Bertz CT molecular complexity index is 410. The fourth-order valence-corrected chi connectivity index (χ4v) is 3.12. The molecule has 3 atom stereocenters. The molecule has 3 unspecified atom stereocenters. The maximum absolute atomic E-state index is 6.43. The number of benzene rings is 1. The second-order valence-corrected chi connectivity index (χ2v) is 6.22. The predicted molar refractivity (Wildman–Crippen MR) is 85.2 cm³/mol. The Hall–Kier alpha value is -0.570. The summed E-state index contributed by atoms with van der Waals surface area (Å²) in [4.78, 5) is 0. The third kappa shape index (κ3) is 4.47. The average Bonchev–Trinajstić information content (AvgIpc) is 2.45. The second-order valence-electron chi connectivity index (χ2n) is 5.79. The van der Waals surface area contributed by atoms with Crippen LogP contribution in [0.1, 0.15) is 51.2 Å². The van der Waals surface area contributed by atoms with Crippen molar-refractivity contribution in [1.29, 1.82) is 0 Å². The molecular formula is C17H26ClNO. The van der Waals surface area contributed by atoms with Crippen molar-refractivity contribution in [3.63, 3.8) is 0 Å². The van der Waals surface area contributed by atoms with Gasteiger partial charge in [0.15, 0.2) is 0 Å². The van der Waals surface area contributed by atoms with Gasteiger partial charge >= 0.3 is 0 Å². The lowest BCUT2D eigenvalue weighted by molar-refractivity contribution is -0.0562. The molecule has 20 heavy (non-hydrogen) atoms. The van der Waals surface area contributed by atoms with E-state index in [0.717, 1.165) is 18.1 Å². The van der Waals surface area contributed by atoms with Crippen LogP contribution in [0.3, 0.4) is 0 Å². The molecule has 1 saturated carbocycles. The first-order valence-electron chi connectivity index (χ1n) is 7.82. The molecule has 1 fully saturated rings. The summed E-state index contributed by atoms with van der Waals surface area (Å²) >= 11 is 6.12. The van der Waals surface area contributed by atoms with E-state index in [1.807, 2.05) is 18.2 Å². The Morgan fingerprint density at radius 2 is 2.15 bits per heavy atom. The molecule has 112 valence electrons. The van der Waals surface area contributed by atoms with Gasteiger partial charge in [0.05, 0.1) is 12.2 Å². The van der Waals surface area contributed by atoms with Crippen molar-refractivity contribution in [3.05, 3.63) is 34.9 Å². The summed E-state index contributed by atoms with van der Waals surface area (Å²) in [7, 11) is 0. The smallest absolute Gasteiger partial charge is 0.0953 e. The number of likely N-dealkylation sites (N-methyl/N-ethyl adjacent to an activating group) is 1. The topological polar surface area (TPSA) is 21.3 Å². The second kappa shape index (κ2) is 8.02. The van der Waals surface area contributed by atoms with Crippen LogP contribution in [0, 0.1) is 5.92 Å². The first kappa shape index (κ1) is 15.8. The van der Waals surface area contributed by atoms with Crippen molar-refractivity contribution in [3.8, 4) is 0 Å². The fraction of sp³-hybridized carbons (Fsp3) is 0.647. The largest absolute Gasteiger partial charge is 0.369 e. The van der Waals surface area contributed by atoms with Gasteiger partial charge in [0, 0.05) is 11.6 Å². The summed E-state index contributed by atoms with van der Waals surface area (Å²) in [5.41, 5.74) is 1.18. The SMILES string of the molecule is CCNCC(OC1CCCCC1C)c1cccc(Cl)c1. The standard InChI is InChI=1S/C17H26ClNO/c1-3-19-12-17(14-8-6-9-15(18)11-14)20-16-10-5-4-7-13(16)2/h6,8-9,11,13,16-17,19H,3-5,7,10,12H2,1-2H3. The summed E-state index contributed by atoms with van der Waals surface area (Å²) in [6.45, 7) is 6.24. The van der Waals surface area contributed by atoms with Crippen molar-refractivity contribution in [2.45, 2.75) is 51.7 Å². The monoisotopic (exact) mass is 295 g/mol. The fourth-order valence-electron chi connectivity index (χ4n) is 2.92. The molecular weight excluding hydrogens is 270 g/mol. The summed E-state index contributed by atoms with van der Waals surface area (Å²) in [6, 6.07) is 8.06. The van der Waals surface area contributed by atoms with Gasteiger partial charge < -0.3 is 10.1 Å². The van der Waals surface area contributed by atoms with Gasteiger partial charge in [-0.2, -0.15) is 0 Å². The van der Waals surface area contributed by atoms with Gasteiger partial charge in [-0.05, 0) is 43.0 Å². The highest BCUT2D eigenvalue weighted by Crippen LogP contribution is 2.31. The molecule has 0 aromatic heterocycles. The van der Waals surface area contributed by atoms with Gasteiger partial charge in [0.25, 0.3) is 0 Å². The quantitative estimate of drug-likeness (QED) is 0.829. The minimum absolute atomic E-state index is 0.0965. The van der Waals surface area contributed by atoms with E-state index in [9.17, 15) is 0 Å². The summed E-state index contributed by atoms with van der Waals surface area (Å²) in [6.07, 6.45) is 5.58. The Labute approximate surface area is 127 Å². The van der Waals surface area contributed by atoms with Gasteiger partial charge in [-0.15, -0.1) is 0 Å². The van der Waals surface area contributed by atoms with Crippen LogP contribution in [0.4, 0.5) is 0 Å². The number of hydrogen-bond acceptors (Lipinski definition) is 2. The van der Waals surface area contributed by atoms with Gasteiger partial charge in [-0.3, -0.25) is 0 Å². The van der Waals surface area contributed by atoms with E-state index in [1.165, 1.54) is 31.2 Å². The highest BCUT2D eigenvalue weighted by atomic mass is 35.5. The van der Waals surface area contributed by atoms with E-state index in [-0.39, 0.29) is 6.10 Å². The van der Waals surface area contributed by atoms with Crippen LogP contribution in [0.15, 0.2) is 24.3 Å². The van der Waals surface area contributed by atoms with E-state index in [4.69, 9.17) is 16.3 Å². The molecule has 1 aliphatic rings. The number of rotatable bonds is 6. The van der Waals surface area contributed by atoms with Crippen molar-refractivity contribution in [2.75, 3.05) is 13.1 Å². The van der Waals surface area contributed by atoms with Crippen LogP contribution < -0.4 is 5.32 Å². The molecule has 0 aliphatic heterocycles. The van der Waals surface area contributed by atoms with E-state index in [0.29, 0.717) is 12.0 Å². The lowest BCUT2D eigenvalue weighted by Gasteiger charge is -2.32. The third-order valence-electron chi connectivity index (χ3n) is 4.17. The normalized spacial score (nSPS) is 24.6. The molecule has 1 N–H and O–H groups in total. The maximum atomic E-state index is 6.43. The molecule has 2 rings (SSSR count). The lowest BCUT2D eigenvalue weighted by Crippen LogP contribution is -2.31. The Kier molecular flexibility index (Phi) is 6.34. The predicted octanol–water partition coefficient (Wildman–Crippen LogP) is 4.59. The minimum Gasteiger partial charge on any atom is -0.369 e. The first-order chi connectivity index (χ1) is 9.70.